The first-order valence-electron chi connectivity index (χ1n) is 7.51. The normalized spacial score (nSPS) is 10.1. The Labute approximate surface area is 141 Å². The summed E-state index contributed by atoms with van der Waals surface area (Å²) in [4.78, 5) is 49.2. The zero-order valence-electron chi connectivity index (χ0n) is 14.8. The van der Waals surface area contributed by atoms with Crippen molar-refractivity contribution < 1.29 is 23.9 Å². The van der Waals surface area contributed by atoms with Crippen molar-refractivity contribution in [3.8, 4) is 5.75 Å². The van der Waals surface area contributed by atoms with E-state index >= 15 is 0 Å². The Morgan fingerprint density at radius 2 is 1.25 bits per heavy atom. The van der Waals surface area contributed by atoms with Crippen LogP contribution in [0.1, 0.15) is 40.2 Å². The molecule has 0 bridgehead atoms. The number of amides is 4. The fraction of sp³-hybridized carbons (Fsp3) is 0.412. The third kappa shape index (κ3) is 3.98. The lowest BCUT2D eigenvalue weighted by molar-refractivity contribution is -0.126. The molecule has 7 nitrogen and oxygen atoms in total. The summed E-state index contributed by atoms with van der Waals surface area (Å²) in [7, 11) is 0. The Bertz CT molecular complexity index is 668. The second-order valence-corrected chi connectivity index (χ2v) is 5.29. The number of benzene rings is 1. The van der Waals surface area contributed by atoms with Gasteiger partial charge in [0.2, 0.25) is 23.6 Å². The highest BCUT2D eigenvalue weighted by Gasteiger charge is 2.25. The van der Waals surface area contributed by atoms with Crippen molar-refractivity contribution in [2.45, 2.75) is 41.5 Å². The molecule has 0 fully saturated rings. The Morgan fingerprint density at radius 3 is 1.62 bits per heavy atom. The molecule has 0 N–H and O–H groups in total. The van der Waals surface area contributed by atoms with Crippen LogP contribution in [0.3, 0.4) is 0 Å². The predicted octanol–water partition coefficient (Wildman–Crippen LogP) is 2.19. The summed E-state index contributed by atoms with van der Waals surface area (Å²) < 4.78 is 5.53. The third-order valence-corrected chi connectivity index (χ3v) is 3.32. The number of imide groups is 2. The molecule has 0 saturated heterocycles. The van der Waals surface area contributed by atoms with Crippen LogP contribution in [0.4, 0.5) is 11.4 Å². The van der Waals surface area contributed by atoms with Gasteiger partial charge < -0.3 is 4.74 Å². The first-order chi connectivity index (χ1) is 11.1. The molecule has 24 heavy (non-hydrogen) atoms. The summed E-state index contributed by atoms with van der Waals surface area (Å²) in [5, 5.41) is 0. The Hall–Kier alpha value is -2.70. The van der Waals surface area contributed by atoms with E-state index in [9.17, 15) is 19.2 Å². The van der Waals surface area contributed by atoms with Crippen LogP contribution in [0, 0.1) is 6.92 Å². The van der Waals surface area contributed by atoms with Gasteiger partial charge in [0.25, 0.3) is 0 Å². The van der Waals surface area contributed by atoms with E-state index in [-0.39, 0.29) is 11.4 Å². The number of carbonyl (C=O) groups is 4. The summed E-state index contributed by atoms with van der Waals surface area (Å²) >= 11 is 0. The van der Waals surface area contributed by atoms with Crippen molar-refractivity contribution >= 4 is 35.0 Å². The summed E-state index contributed by atoms with van der Waals surface area (Å²) in [5.41, 5.74) is 1.20. The Morgan fingerprint density at radius 1 is 0.833 bits per heavy atom. The molecule has 1 aromatic rings. The fourth-order valence-corrected chi connectivity index (χ4v) is 2.47. The lowest BCUT2D eigenvalue weighted by Gasteiger charge is -2.25. The first kappa shape index (κ1) is 19.3. The monoisotopic (exact) mass is 334 g/mol. The number of hydrogen-bond acceptors (Lipinski definition) is 5. The van der Waals surface area contributed by atoms with Crippen LogP contribution in [0.5, 0.6) is 5.75 Å². The topological polar surface area (TPSA) is 84.0 Å². The van der Waals surface area contributed by atoms with Crippen molar-refractivity contribution in [2.75, 3.05) is 16.4 Å². The summed E-state index contributed by atoms with van der Waals surface area (Å²) in [5.74, 6) is -1.53. The highest BCUT2D eigenvalue weighted by Crippen LogP contribution is 2.36. The molecule has 0 atom stereocenters. The van der Waals surface area contributed by atoms with E-state index in [1.54, 1.807) is 19.9 Å². The molecule has 0 radical (unpaired) electrons. The van der Waals surface area contributed by atoms with Crippen molar-refractivity contribution in [1.82, 2.24) is 0 Å². The molecule has 130 valence electrons. The van der Waals surface area contributed by atoms with E-state index in [2.05, 4.69) is 0 Å². The van der Waals surface area contributed by atoms with Gasteiger partial charge in [-0.3, -0.25) is 24.1 Å². The SMILES string of the molecule is CCOc1cc(N(C(C)=O)C(C)=O)c(C)cc1N(C(C)=O)C(C)=O. The molecule has 0 aliphatic carbocycles. The maximum Gasteiger partial charge on any atom is 0.230 e. The van der Waals surface area contributed by atoms with Gasteiger partial charge >= 0.3 is 0 Å². The zero-order valence-corrected chi connectivity index (χ0v) is 14.8. The fourth-order valence-electron chi connectivity index (χ4n) is 2.47. The molecule has 1 aromatic carbocycles. The number of aryl methyl sites for hydroxylation is 1. The van der Waals surface area contributed by atoms with Gasteiger partial charge in [-0.15, -0.1) is 0 Å². The number of hydrogen-bond donors (Lipinski definition) is 0. The van der Waals surface area contributed by atoms with Gasteiger partial charge in [-0.05, 0) is 25.5 Å². The van der Waals surface area contributed by atoms with E-state index < -0.39 is 23.6 Å². The number of carbonyl (C=O) groups excluding carboxylic acids is 4. The smallest absolute Gasteiger partial charge is 0.230 e. The Kier molecular flexibility index (Phi) is 6.22. The van der Waals surface area contributed by atoms with Crippen LogP contribution >= 0.6 is 0 Å². The number of nitrogens with zero attached hydrogens (tertiary/aromatic N) is 2. The van der Waals surface area contributed by atoms with Gasteiger partial charge in [-0.2, -0.15) is 0 Å². The summed E-state index contributed by atoms with van der Waals surface area (Å²) in [6.07, 6.45) is 0. The molecule has 0 heterocycles. The van der Waals surface area contributed by atoms with E-state index in [0.29, 0.717) is 17.9 Å². The lowest BCUT2D eigenvalue weighted by atomic mass is 10.1. The molecule has 1 rings (SSSR count). The Balaban J connectivity index is 3.64. The van der Waals surface area contributed by atoms with Crippen LogP contribution in [-0.4, -0.2) is 30.2 Å². The molecule has 0 spiro atoms. The highest BCUT2D eigenvalue weighted by molar-refractivity contribution is 6.16. The van der Waals surface area contributed by atoms with E-state index in [1.807, 2.05) is 0 Å². The van der Waals surface area contributed by atoms with Crippen molar-refractivity contribution in [2.24, 2.45) is 0 Å². The average Bonchev–Trinajstić information content (AvgIpc) is 2.42. The minimum Gasteiger partial charge on any atom is -0.492 e. The largest absolute Gasteiger partial charge is 0.492 e. The zero-order chi connectivity index (χ0) is 18.6. The van der Waals surface area contributed by atoms with Gasteiger partial charge in [-0.1, -0.05) is 0 Å². The van der Waals surface area contributed by atoms with Gasteiger partial charge in [0.15, 0.2) is 0 Å². The van der Waals surface area contributed by atoms with Crippen LogP contribution in [-0.2, 0) is 19.2 Å². The molecule has 0 unspecified atom stereocenters. The van der Waals surface area contributed by atoms with Crippen LogP contribution in [0.25, 0.3) is 0 Å². The molecule has 7 heteroatoms. The highest BCUT2D eigenvalue weighted by atomic mass is 16.5. The van der Waals surface area contributed by atoms with Crippen LogP contribution in [0.2, 0.25) is 0 Å². The van der Waals surface area contributed by atoms with E-state index in [1.165, 1.54) is 33.8 Å². The average molecular weight is 334 g/mol. The number of ether oxygens (including phenoxy) is 1. The molecule has 0 aliphatic rings. The number of rotatable bonds is 4. The second-order valence-electron chi connectivity index (χ2n) is 5.29. The standard InChI is InChI=1S/C17H22N2O5/c1-7-24-17-9-15(18(11(3)20)12(4)21)10(2)8-16(17)19(13(5)22)14(6)23/h8-9H,7H2,1-6H3. The molecule has 0 aliphatic heterocycles. The summed E-state index contributed by atoms with van der Waals surface area (Å²) in [6, 6.07) is 3.05. The van der Waals surface area contributed by atoms with Gasteiger partial charge in [-0.25, -0.2) is 4.90 Å². The summed E-state index contributed by atoms with van der Waals surface area (Å²) in [6.45, 7) is 8.85. The van der Waals surface area contributed by atoms with Crippen molar-refractivity contribution in [3.05, 3.63) is 17.7 Å². The second kappa shape index (κ2) is 7.72. The van der Waals surface area contributed by atoms with Gasteiger partial charge in [0, 0.05) is 33.8 Å². The molecular weight excluding hydrogens is 312 g/mol. The first-order valence-corrected chi connectivity index (χ1v) is 7.51. The number of anilines is 2. The van der Waals surface area contributed by atoms with Crippen molar-refractivity contribution in [3.63, 3.8) is 0 Å². The molecule has 0 saturated carbocycles. The van der Waals surface area contributed by atoms with E-state index in [0.717, 1.165) is 9.80 Å². The quantitative estimate of drug-likeness (QED) is 0.843. The van der Waals surface area contributed by atoms with Gasteiger partial charge in [0.05, 0.1) is 18.0 Å². The van der Waals surface area contributed by atoms with E-state index in [4.69, 9.17) is 4.74 Å². The predicted molar refractivity (Wildman–Crippen MR) is 90.0 cm³/mol. The lowest BCUT2D eigenvalue weighted by Crippen LogP contribution is -2.35. The maximum absolute atomic E-state index is 11.8. The third-order valence-electron chi connectivity index (χ3n) is 3.32. The van der Waals surface area contributed by atoms with Crippen LogP contribution < -0.4 is 14.5 Å². The maximum atomic E-state index is 11.8. The van der Waals surface area contributed by atoms with Gasteiger partial charge in [0.1, 0.15) is 5.75 Å². The van der Waals surface area contributed by atoms with Crippen molar-refractivity contribution in [1.29, 1.82) is 0 Å². The minimum atomic E-state index is -0.453. The molecule has 0 aromatic heterocycles. The van der Waals surface area contributed by atoms with Crippen LogP contribution in [0.15, 0.2) is 12.1 Å². The molecule has 4 amide bonds. The minimum absolute atomic E-state index is 0.246. The molecular formula is C17H22N2O5.